The molecule has 2 rings (SSSR count). The maximum atomic E-state index is 9.15. The summed E-state index contributed by atoms with van der Waals surface area (Å²) >= 11 is 0. The monoisotopic (exact) mass is 228 g/mol. The largest absolute Gasteiger partial charge is 0.488 e. The molecule has 2 aromatic rings. The van der Waals surface area contributed by atoms with Crippen molar-refractivity contribution in [2.24, 2.45) is 0 Å². The molecule has 2 N–H and O–H groups in total. The second-order valence-corrected chi connectivity index (χ2v) is 4.42. The van der Waals surface area contributed by atoms with Gasteiger partial charge in [0.15, 0.2) is 0 Å². The Balaban J connectivity index is 2.36. The van der Waals surface area contributed by atoms with E-state index in [1.54, 1.807) is 6.07 Å². The van der Waals surface area contributed by atoms with Gasteiger partial charge in [0.25, 0.3) is 0 Å². The Morgan fingerprint density at radius 3 is 2.47 bits per heavy atom. The fourth-order valence-electron chi connectivity index (χ4n) is 2.01. The molecule has 0 radical (unpaired) electrons. The first-order valence-corrected chi connectivity index (χ1v) is 6.09. The highest BCUT2D eigenvalue weighted by Crippen LogP contribution is 2.16. The third kappa shape index (κ3) is 2.87. The summed E-state index contributed by atoms with van der Waals surface area (Å²) in [6, 6.07) is 11.9. The molecule has 0 aliphatic heterocycles. The van der Waals surface area contributed by atoms with Crippen molar-refractivity contribution in [1.29, 1.82) is 0 Å². The Morgan fingerprint density at radius 1 is 1.00 bits per heavy atom. The molecule has 0 unspecified atom stereocenters. The lowest BCUT2D eigenvalue weighted by atomic mass is 9.79. The average molecular weight is 228 g/mol. The van der Waals surface area contributed by atoms with Crippen LogP contribution in [0.15, 0.2) is 36.4 Å². The Labute approximate surface area is 102 Å². The number of fused-ring (bicyclic) bond motifs is 1. The van der Waals surface area contributed by atoms with Crippen molar-refractivity contribution in [1.82, 2.24) is 0 Å². The van der Waals surface area contributed by atoms with Crippen LogP contribution in [0, 0.1) is 0 Å². The first-order chi connectivity index (χ1) is 8.20. The van der Waals surface area contributed by atoms with Gasteiger partial charge in [-0.3, -0.25) is 0 Å². The lowest BCUT2D eigenvalue weighted by molar-refractivity contribution is 0.426. The summed E-state index contributed by atoms with van der Waals surface area (Å²) in [6.07, 6.45) is 3.46. The molecule has 0 saturated heterocycles. The van der Waals surface area contributed by atoms with E-state index in [9.17, 15) is 0 Å². The summed E-state index contributed by atoms with van der Waals surface area (Å²) in [4.78, 5) is 0. The van der Waals surface area contributed by atoms with Gasteiger partial charge in [-0.1, -0.05) is 49.7 Å². The smallest absolute Gasteiger partial charge is 0.423 e. The number of hydrogen-bond donors (Lipinski definition) is 2. The fourth-order valence-corrected chi connectivity index (χ4v) is 2.01. The van der Waals surface area contributed by atoms with Crippen molar-refractivity contribution < 1.29 is 10.0 Å². The van der Waals surface area contributed by atoms with Crippen molar-refractivity contribution in [2.75, 3.05) is 0 Å². The van der Waals surface area contributed by atoms with Gasteiger partial charge in [-0.15, -0.1) is 0 Å². The van der Waals surface area contributed by atoms with E-state index in [1.807, 2.05) is 12.1 Å². The maximum Gasteiger partial charge on any atom is 0.488 e. The minimum Gasteiger partial charge on any atom is -0.423 e. The van der Waals surface area contributed by atoms with Crippen LogP contribution in [-0.2, 0) is 6.42 Å². The molecule has 0 aromatic heterocycles. The standard InChI is InChI=1S/C14H17BO2/c1-2-3-4-11-5-6-12-7-8-14(15(16)17)10-13(12)9-11/h5-10,16-17H,2-4H2,1H3. The minimum absolute atomic E-state index is 0.546. The molecule has 17 heavy (non-hydrogen) atoms. The normalized spacial score (nSPS) is 10.8. The zero-order valence-electron chi connectivity index (χ0n) is 10.1. The van der Waals surface area contributed by atoms with Crippen molar-refractivity contribution in [2.45, 2.75) is 26.2 Å². The third-order valence-electron chi connectivity index (χ3n) is 3.05. The van der Waals surface area contributed by atoms with E-state index in [0.29, 0.717) is 5.46 Å². The molecule has 88 valence electrons. The van der Waals surface area contributed by atoms with E-state index >= 15 is 0 Å². The second-order valence-electron chi connectivity index (χ2n) is 4.42. The van der Waals surface area contributed by atoms with Crippen LogP contribution in [0.1, 0.15) is 25.3 Å². The van der Waals surface area contributed by atoms with Gasteiger partial charge in [0.05, 0.1) is 0 Å². The quantitative estimate of drug-likeness (QED) is 0.784. The van der Waals surface area contributed by atoms with Gasteiger partial charge in [-0.2, -0.15) is 0 Å². The molecule has 0 bridgehead atoms. The highest BCUT2D eigenvalue weighted by atomic mass is 16.4. The molecule has 0 atom stereocenters. The molecular weight excluding hydrogens is 211 g/mol. The van der Waals surface area contributed by atoms with Crippen LogP contribution >= 0.6 is 0 Å². The van der Waals surface area contributed by atoms with Gasteiger partial charge < -0.3 is 10.0 Å². The van der Waals surface area contributed by atoms with Crippen LogP contribution in [-0.4, -0.2) is 17.2 Å². The molecule has 0 aliphatic carbocycles. The molecule has 0 amide bonds. The van der Waals surface area contributed by atoms with E-state index in [2.05, 4.69) is 25.1 Å². The van der Waals surface area contributed by atoms with E-state index in [-0.39, 0.29) is 0 Å². The Bertz CT molecular complexity index is 509. The second kappa shape index (κ2) is 5.34. The molecular formula is C14H17BO2. The van der Waals surface area contributed by atoms with Crippen LogP contribution in [0.5, 0.6) is 0 Å². The lowest BCUT2D eigenvalue weighted by Crippen LogP contribution is -2.29. The van der Waals surface area contributed by atoms with Crippen LogP contribution in [0.25, 0.3) is 10.8 Å². The summed E-state index contributed by atoms with van der Waals surface area (Å²) in [7, 11) is -1.39. The molecule has 0 fully saturated rings. The Kier molecular flexibility index (Phi) is 3.82. The van der Waals surface area contributed by atoms with Crippen molar-refractivity contribution >= 4 is 23.4 Å². The van der Waals surface area contributed by atoms with E-state index in [0.717, 1.165) is 17.2 Å². The summed E-state index contributed by atoms with van der Waals surface area (Å²) in [5.41, 5.74) is 1.86. The number of benzene rings is 2. The Morgan fingerprint density at radius 2 is 1.76 bits per heavy atom. The van der Waals surface area contributed by atoms with Gasteiger partial charge >= 0.3 is 7.12 Å². The molecule has 2 aromatic carbocycles. The van der Waals surface area contributed by atoms with Gasteiger partial charge in [0.2, 0.25) is 0 Å². The SMILES string of the molecule is CCCCc1ccc2ccc(B(O)O)cc2c1. The van der Waals surface area contributed by atoms with Crippen LogP contribution in [0.4, 0.5) is 0 Å². The van der Waals surface area contributed by atoms with Crippen LogP contribution in [0.3, 0.4) is 0 Å². The average Bonchev–Trinajstić information content (AvgIpc) is 2.35. The summed E-state index contributed by atoms with van der Waals surface area (Å²) in [5, 5.41) is 20.5. The highest BCUT2D eigenvalue weighted by Gasteiger charge is 2.10. The summed E-state index contributed by atoms with van der Waals surface area (Å²) in [6.45, 7) is 2.18. The number of hydrogen-bond acceptors (Lipinski definition) is 2. The molecule has 2 nitrogen and oxygen atoms in total. The van der Waals surface area contributed by atoms with Gasteiger partial charge in [0.1, 0.15) is 0 Å². The first-order valence-electron chi connectivity index (χ1n) is 6.09. The van der Waals surface area contributed by atoms with Gasteiger partial charge in [0, 0.05) is 0 Å². The Hall–Kier alpha value is -1.32. The van der Waals surface area contributed by atoms with E-state index in [1.165, 1.54) is 18.4 Å². The molecule has 0 heterocycles. The molecule has 0 aliphatic rings. The topological polar surface area (TPSA) is 40.5 Å². The van der Waals surface area contributed by atoms with E-state index < -0.39 is 7.12 Å². The zero-order valence-corrected chi connectivity index (χ0v) is 10.1. The number of rotatable bonds is 4. The molecule has 3 heteroatoms. The molecule has 0 saturated carbocycles. The zero-order chi connectivity index (χ0) is 12.3. The first kappa shape index (κ1) is 12.2. The molecule has 0 spiro atoms. The predicted molar refractivity (Wildman–Crippen MR) is 72.4 cm³/mol. The van der Waals surface area contributed by atoms with Crippen LogP contribution in [0.2, 0.25) is 0 Å². The van der Waals surface area contributed by atoms with Gasteiger partial charge in [-0.25, -0.2) is 0 Å². The fraction of sp³-hybridized carbons (Fsp3) is 0.286. The van der Waals surface area contributed by atoms with Crippen molar-refractivity contribution in [3.8, 4) is 0 Å². The van der Waals surface area contributed by atoms with Crippen molar-refractivity contribution in [3.63, 3.8) is 0 Å². The third-order valence-corrected chi connectivity index (χ3v) is 3.05. The summed E-state index contributed by atoms with van der Waals surface area (Å²) < 4.78 is 0. The predicted octanol–water partition coefficient (Wildman–Crippen LogP) is 1.86. The maximum absolute atomic E-state index is 9.15. The van der Waals surface area contributed by atoms with Crippen molar-refractivity contribution in [3.05, 3.63) is 42.0 Å². The number of aryl methyl sites for hydroxylation is 1. The lowest BCUT2D eigenvalue weighted by Gasteiger charge is -2.05. The number of unbranched alkanes of at least 4 members (excludes halogenated alkanes) is 1. The van der Waals surface area contributed by atoms with Crippen LogP contribution < -0.4 is 5.46 Å². The van der Waals surface area contributed by atoms with Gasteiger partial charge in [-0.05, 0) is 34.6 Å². The van der Waals surface area contributed by atoms with E-state index in [4.69, 9.17) is 10.0 Å². The highest BCUT2D eigenvalue weighted by molar-refractivity contribution is 6.58. The summed E-state index contributed by atoms with van der Waals surface area (Å²) in [5.74, 6) is 0. The minimum atomic E-state index is -1.39.